The molecule has 0 aliphatic rings. The normalized spacial score (nSPS) is 12.3. The van der Waals surface area contributed by atoms with Gasteiger partial charge in [-0.05, 0) is 44.3 Å². The summed E-state index contributed by atoms with van der Waals surface area (Å²) in [4.78, 5) is 11.1. The Labute approximate surface area is 115 Å². The second-order valence-corrected chi connectivity index (χ2v) is 4.72. The van der Waals surface area contributed by atoms with E-state index in [1.807, 2.05) is 18.2 Å². The molecule has 4 heteroatoms. The average molecular weight is 264 g/mol. The second kappa shape index (κ2) is 9.53. The topological polar surface area (TPSA) is 75.3 Å². The van der Waals surface area contributed by atoms with Gasteiger partial charge in [-0.2, -0.15) is 0 Å². The van der Waals surface area contributed by atoms with Gasteiger partial charge in [-0.1, -0.05) is 36.8 Å². The number of hydrogen-bond acceptors (Lipinski definition) is 3. The fourth-order valence-electron chi connectivity index (χ4n) is 2.02. The van der Waals surface area contributed by atoms with Crippen molar-refractivity contribution in [1.29, 1.82) is 0 Å². The van der Waals surface area contributed by atoms with Gasteiger partial charge in [0.05, 0.1) is 0 Å². The van der Waals surface area contributed by atoms with Crippen LogP contribution in [0.3, 0.4) is 0 Å². The second-order valence-electron chi connectivity index (χ2n) is 4.72. The maximum absolute atomic E-state index is 11.1. The summed E-state index contributed by atoms with van der Waals surface area (Å²) in [6, 6.07) is 9.79. The molecule has 0 unspecified atom stereocenters. The monoisotopic (exact) mass is 264 g/mol. The highest BCUT2D eigenvalue weighted by Gasteiger charge is 2.15. The van der Waals surface area contributed by atoms with Crippen molar-refractivity contribution in [3.8, 4) is 0 Å². The predicted molar refractivity (Wildman–Crippen MR) is 77.1 cm³/mol. The third-order valence-electron chi connectivity index (χ3n) is 3.12. The van der Waals surface area contributed by atoms with Crippen LogP contribution in [0.4, 0.5) is 0 Å². The highest BCUT2D eigenvalue weighted by Crippen LogP contribution is 2.03. The molecule has 1 atom stereocenters. The van der Waals surface area contributed by atoms with E-state index in [9.17, 15) is 4.79 Å². The number of aryl methyl sites for hydroxylation is 1. The van der Waals surface area contributed by atoms with Crippen molar-refractivity contribution in [3.05, 3.63) is 35.9 Å². The van der Waals surface area contributed by atoms with Crippen molar-refractivity contribution < 1.29 is 9.90 Å². The first kappa shape index (κ1) is 15.7. The van der Waals surface area contributed by atoms with E-state index in [1.165, 1.54) is 5.56 Å². The fourth-order valence-corrected chi connectivity index (χ4v) is 2.02. The summed E-state index contributed by atoms with van der Waals surface area (Å²) >= 11 is 0. The zero-order chi connectivity index (χ0) is 13.9. The van der Waals surface area contributed by atoms with Crippen molar-refractivity contribution >= 4 is 5.97 Å². The van der Waals surface area contributed by atoms with Gasteiger partial charge in [-0.3, -0.25) is 4.79 Å². The zero-order valence-electron chi connectivity index (χ0n) is 11.3. The summed E-state index contributed by atoms with van der Waals surface area (Å²) in [6.45, 7) is 1.36. The number of rotatable bonds is 10. The first-order valence-electron chi connectivity index (χ1n) is 6.94. The molecule has 0 radical (unpaired) electrons. The van der Waals surface area contributed by atoms with Crippen molar-refractivity contribution in [3.63, 3.8) is 0 Å². The quantitative estimate of drug-likeness (QED) is 0.563. The highest BCUT2D eigenvalue weighted by molar-refractivity contribution is 5.73. The van der Waals surface area contributed by atoms with E-state index in [4.69, 9.17) is 10.8 Å². The summed E-state index contributed by atoms with van der Waals surface area (Å²) in [5, 5.41) is 12.2. The molecular weight excluding hydrogens is 240 g/mol. The molecule has 0 amide bonds. The molecule has 1 aromatic rings. The largest absolute Gasteiger partial charge is 0.480 e. The van der Waals surface area contributed by atoms with Crippen LogP contribution in [0.15, 0.2) is 30.3 Å². The average Bonchev–Trinajstić information content (AvgIpc) is 2.42. The van der Waals surface area contributed by atoms with E-state index in [2.05, 4.69) is 17.4 Å². The van der Waals surface area contributed by atoms with Crippen molar-refractivity contribution in [2.24, 2.45) is 5.73 Å². The lowest BCUT2D eigenvalue weighted by Crippen LogP contribution is -2.37. The number of nitrogens with one attached hydrogen (secondary N) is 1. The van der Waals surface area contributed by atoms with E-state index >= 15 is 0 Å². The lowest BCUT2D eigenvalue weighted by atomic mass is 10.1. The maximum Gasteiger partial charge on any atom is 0.320 e. The SMILES string of the molecule is NCCCC[C@H](NCCCc1ccccc1)C(=O)O. The summed E-state index contributed by atoms with van der Waals surface area (Å²) in [5.74, 6) is -0.767. The summed E-state index contributed by atoms with van der Waals surface area (Å²) in [6.07, 6.45) is 4.32. The van der Waals surface area contributed by atoms with Crippen LogP contribution in [0, 0.1) is 0 Å². The number of nitrogens with two attached hydrogens (primary N) is 1. The Balaban J connectivity index is 2.19. The first-order chi connectivity index (χ1) is 9.24. The Hall–Kier alpha value is -1.39. The molecule has 19 heavy (non-hydrogen) atoms. The lowest BCUT2D eigenvalue weighted by molar-refractivity contribution is -0.139. The number of benzene rings is 1. The molecule has 0 aliphatic heterocycles. The summed E-state index contributed by atoms with van der Waals surface area (Å²) in [7, 11) is 0. The van der Waals surface area contributed by atoms with Crippen molar-refractivity contribution in [2.45, 2.75) is 38.1 Å². The molecule has 0 fully saturated rings. The Bertz CT molecular complexity index is 354. The van der Waals surface area contributed by atoms with Gasteiger partial charge in [-0.15, -0.1) is 0 Å². The lowest BCUT2D eigenvalue weighted by Gasteiger charge is -2.14. The molecule has 0 bridgehead atoms. The number of carbonyl (C=O) groups is 1. The molecular formula is C15H24N2O2. The molecule has 0 aliphatic carbocycles. The number of carboxylic acid groups (broad SMARTS) is 1. The molecule has 1 aromatic carbocycles. The van der Waals surface area contributed by atoms with Crippen LogP contribution in [0.1, 0.15) is 31.2 Å². The third kappa shape index (κ3) is 6.94. The zero-order valence-corrected chi connectivity index (χ0v) is 11.3. The summed E-state index contributed by atoms with van der Waals surface area (Å²) < 4.78 is 0. The Morgan fingerprint density at radius 3 is 2.58 bits per heavy atom. The fraction of sp³-hybridized carbons (Fsp3) is 0.533. The van der Waals surface area contributed by atoms with Crippen LogP contribution in [0.5, 0.6) is 0 Å². The minimum absolute atomic E-state index is 0.442. The molecule has 1 rings (SSSR count). The van der Waals surface area contributed by atoms with Gasteiger partial charge in [0.1, 0.15) is 6.04 Å². The Morgan fingerprint density at radius 2 is 1.95 bits per heavy atom. The number of aliphatic carboxylic acids is 1. The van der Waals surface area contributed by atoms with Crippen LogP contribution >= 0.6 is 0 Å². The van der Waals surface area contributed by atoms with Crippen molar-refractivity contribution in [2.75, 3.05) is 13.1 Å². The van der Waals surface area contributed by atoms with E-state index in [1.54, 1.807) is 0 Å². The van der Waals surface area contributed by atoms with Gasteiger partial charge < -0.3 is 16.2 Å². The Kier molecular flexibility index (Phi) is 7.86. The van der Waals surface area contributed by atoms with Gasteiger partial charge in [-0.25, -0.2) is 0 Å². The smallest absolute Gasteiger partial charge is 0.320 e. The first-order valence-corrected chi connectivity index (χ1v) is 6.94. The van der Waals surface area contributed by atoms with Gasteiger partial charge in [0.2, 0.25) is 0 Å². The molecule has 0 aromatic heterocycles. The van der Waals surface area contributed by atoms with Gasteiger partial charge in [0.15, 0.2) is 0 Å². The van der Waals surface area contributed by atoms with Crippen LogP contribution in [0.25, 0.3) is 0 Å². The number of unbranched alkanes of at least 4 members (excludes halogenated alkanes) is 1. The molecule has 4 nitrogen and oxygen atoms in total. The van der Waals surface area contributed by atoms with Gasteiger partial charge >= 0.3 is 5.97 Å². The maximum atomic E-state index is 11.1. The van der Waals surface area contributed by atoms with Crippen LogP contribution < -0.4 is 11.1 Å². The third-order valence-corrected chi connectivity index (χ3v) is 3.12. The minimum Gasteiger partial charge on any atom is -0.480 e. The van der Waals surface area contributed by atoms with Crippen molar-refractivity contribution in [1.82, 2.24) is 5.32 Å². The van der Waals surface area contributed by atoms with E-state index in [-0.39, 0.29) is 0 Å². The molecule has 0 heterocycles. The van der Waals surface area contributed by atoms with Crippen LogP contribution in [-0.2, 0) is 11.2 Å². The molecule has 0 saturated heterocycles. The van der Waals surface area contributed by atoms with Crippen LogP contribution in [-0.4, -0.2) is 30.2 Å². The molecule has 4 N–H and O–H groups in total. The summed E-state index contributed by atoms with van der Waals surface area (Å²) in [5.41, 5.74) is 6.70. The Morgan fingerprint density at radius 1 is 1.21 bits per heavy atom. The number of hydrogen-bond donors (Lipinski definition) is 3. The van der Waals surface area contributed by atoms with E-state index in [0.29, 0.717) is 13.0 Å². The highest BCUT2D eigenvalue weighted by atomic mass is 16.4. The molecule has 106 valence electrons. The van der Waals surface area contributed by atoms with Crippen LogP contribution in [0.2, 0.25) is 0 Å². The number of carboxylic acids is 1. The van der Waals surface area contributed by atoms with Gasteiger partial charge in [0.25, 0.3) is 0 Å². The molecule has 0 saturated carbocycles. The predicted octanol–water partition coefficient (Wildman–Crippen LogP) is 1.79. The van der Waals surface area contributed by atoms with E-state index in [0.717, 1.165) is 32.2 Å². The van der Waals surface area contributed by atoms with E-state index < -0.39 is 12.0 Å². The van der Waals surface area contributed by atoms with Gasteiger partial charge in [0, 0.05) is 0 Å². The molecule has 0 spiro atoms. The minimum atomic E-state index is -0.767. The standard InChI is InChI=1S/C15H24N2O2/c16-11-5-4-10-14(15(18)19)17-12-6-9-13-7-2-1-3-8-13/h1-3,7-8,14,17H,4-6,9-12,16H2,(H,18,19)/t14-/m0/s1.